The summed E-state index contributed by atoms with van der Waals surface area (Å²) < 4.78 is 38.3. The predicted octanol–water partition coefficient (Wildman–Crippen LogP) is 1.80. The van der Waals surface area contributed by atoms with Gasteiger partial charge >= 0.3 is 12.2 Å². The van der Waals surface area contributed by atoms with Crippen molar-refractivity contribution < 1.29 is 27.9 Å². The second kappa shape index (κ2) is 7.47. The van der Waals surface area contributed by atoms with E-state index in [9.17, 15) is 18.0 Å². The number of halogens is 4. The Morgan fingerprint density at radius 2 is 1.78 bits per heavy atom. The van der Waals surface area contributed by atoms with Crippen LogP contribution >= 0.6 is 11.6 Å². The highest BCUT2D eigenvalue weighted by Crippen LogP contribution is 2.32. The quantitative estimate of drug-likeness (QED) is 0.820. The van der Waals surface area contributed by atoms with Crippen molar-refractivity contribution in [3.8, 4) is 0 Å². The lowest BCUT2D eigenvalue weighted by atomic mass is 10.2. The Labute approximate surface area is 157 Å². The number of carbonyl (C=O) groups is 1. The molecule has 5 N–H and O–H groups in total. The fourth-order valence-electron chi connectivity index (χ4n) is 2.94. The van der Waals surface area contributed by atoms with Crippen molar-refractivity contribution in [1.82, 2.24) is 0 Å². The van der Waals surface area contributed by atoms with Crippen molar-refractivity contribution in [2.24, 2.45) is 5.73 Å². The lowest BCUT2D eigenvalue weighted by Gasteiger charge is -2.27. The Morgan fingerprint density at radius 3 is 2.33 bits per heavy atom. The zero-order valence-electron chi connectivity index (χ0n) is 14.1. The number of urea groups is 1. The Bertz CT molecular complexity index is 839. The average molecular weight is 403 g/mol. The summed E-state index contributed by atoms with van der Waals surface area (Å²) in [5.41, 5.74) is 4.92. The lowest BCUT2D eigenvalue weighted by Crippen LogP contribution is -2.49. The van der Waals surface area contributed by atoms with Gasteiger partial charge in [0.25, 0.3) is 11.6 Å². The number of nitrogens with one attached hydrogen (secondary N) is 3. The molecule has 0 spiro atoms. The van der Waals surface area contributed by atoms with Crippen LogP contribution in [0.3, 0.4) is 0 Å². The summed E-state index contributed by atoms with van der Waals surface area (Å²) in [6, 6.07) is 3.71. The maximum atomic E-state index is 12.8. The van der Waals surface area contributed by atoms with Gasteiger partial charge in [0.2, 0.25) is 0 Å². The number of nitrogens with zero attached hydrogens (tertiary/aromatic N) is 2. The van der Waals surface area contributed by atoms with Crippen molar-refractivity contribution in [3.05, 3.63) is 41.2 Å². The Kier molecular flexibility index (Phi) is 5.26. The maximum absolute atomic E-state index is 12.8. The van der Waals surface area contributed by atoms with Gasteiger partial charge in [0, 0.05) is 0 Å². The van der Waals surface area contributed by atoms with Crippen molar-refractivity contribution in [2.45, 2.75) is 6.18 Å². The summed E-state index contributed by atoms with van der Waals surface area (Å²) in [5.74, 6) is 1.15. The fraction of sp³-hybridized carbons (Fsp3) is 0.312. The van der Waals surface area contributed by atoms with Gasteiger partial charge in [-0.15, -0.1) is 0 Å². The second-order valence-corrected chi connectivity index (χ2v) is 6.39. The molecule has 3 heterocycles. The van der Waals surface area contributed by atoms with Crippen molar-refractivity contribution in [2.75, 3.05) is 41.3 Å². The first-order valence-corrected chi connectivity index (χ1v) is 8.49. The molecule has 7 nitrogen and oxygen atoms in total. The van der Waals surface area contributed by atoms with Crippen LogP contribution in [0, 0.1) is 0 Å². The van der Waals surface area contributed by atoms with Crippen LogP contribution in [0.15, 0.2) is 30.6 Å². The van der Waals surface area contributed by atoms with Crippen LogP contribution in [0.4, 0.5) is 35.3 Å². The Balaban J connectivity index is 1.72. The molecule has 0 atom stereocenters. The molecule has 0 aromatic carbocycles. The molecule has 0 bridgehead atoms. The summed E-state index contributed by atoms with van der Waals surface area (Å²) in [7, 11) is 0. The van der Waals surface area contributed by atoms with E-state index in [2.05, 4.69) is 15.3 Å². The maximum Gasteiger partial charge on any atom is 0.419 e. The summed E-state index contributed by atoms with van der Waals surface area (Å²) in [5, 5.41) is 2.58. The molecule has 1 fully saturated rings. The highest BCUT2D eigenvalue weighted by atomic mass is 35.5. The third-order valence-electron chi connectivity index (χ3n) is 4.20. The third kappa shape index (κ3) is 4.33. The molecular formula is C16H18ClF3N6O+2. The van der Waals surface area contributed by atoms with Gasteiger partial charge in [-0.2, -0.15) is 13.2 Å². The highest BCUT2D eigenvalue weighted by Gasteiger charge is 2.35. The summed E-state index contributed by atoms with van der Waals surface area (Å²) in [6.07, 6.45) is -1.81. The number of amides is 2. The van der Waals surface area contributed by atoms with Crippen molar-refractivity contribution in [1.29, 1.82) is 0 Å². The summed E-state index contributed by atoms with van der Waals surface area (Å²) in [6.45, 7) is 2.19. The first-order valence-electron chi connectivity index (χ1n) is 8.11. The summed E-state index contributed by atoms with van der Waals surface area (Å²) in [4.78, 5) is 20.8. The van der Waals surface area contributed by atoms with Crippen LogP contribution in [0.25, 0.3) is 0 Å². The van der Waals surface area contributed by atoms with E-state index < -0.39 is 17.8 Å². The molecule has 1 aliphatic heterocycles. The van der Waals surface area contributed by atoms with Gasteiger partial charge in [0.05, 0.1) is 11.8 Å². The minimum absolute atomic E-state index is 0.0145. The molecular weight excluding hydrogens is 385 g/mol. The number of rotatable bonds is 3. The van der Waals surface area contributed by atoms with Gasteiger partial charge in [0.15, 0.2) is 0 Å². The van der Waals surface area contributed by atoms with Crippen molar-refractivity contribution in [3.63, 3.8) is 0 Å². The molecule has 2 aromatic heterocycles. The minimum atomic E-state index is -4.45. The predicted molar refractivity (Wildman–Crippen MR) is 93.6 cm³/mol. The van der Waals surface area contributed by atoms with Crippen LogP contribution in [0.2, 0.25) is 5.02 Å². The fourth-order valence-corrected chi connectivity index (χ4v) is 3.24. The molecule has 0 saturated carbocycles. The monoisotopic (exact) mass is 402 g/mol. The Morgan fingerprint density at radius 1 is 1.15 bits per heavy atom. The van der Waals surface area contributed by atoms with E-state index >= 15 is 0 Å². The molecule has 0 unspecified atom stereocenters. The van der Waals surface area contributed by atoms with E-state index in [0.29, 0.717) is 43.5 Å². The normalized spacial score (nSPS) is 15.0. The number of piperazine rings is 1. The van der Waals surface area contributed by atoms with E-state index in [1.54, 1.807) is 18.3 Å². The van der Waals surface area contributed by atoms with E-state index in [0.717, 1.165) is 12.3 Å². The number of anilines is 3. The first kappa shape index (κ1) is 19.0. The molecule has 3 rings (SSSR count). The number of carbonyl (C=O) groups excluding carboxylic acids is 1. The highest BCUT2D eigenvalue weighted by molar-refractivity contribution is 6.32. The summed E-state index contributed by atoms with van der Waals surface area (Å²) >= 11 is 6.05. The minimum Gasteiger partial charge on any atom is -0.351 e. The van der Waals surface area contributed by atoms with E-state index in [1.807, 2.05) is 9.80 Å². The van der Waals surface area contributed by atoms with Gasteiger partial charge in [0.1, 0.15) is 43.1 Å². The van der Waals surface area contributed by atoms with E-state index in [-0.39, 0.29) is 5.02 Å². The topological polar surface area (TPSA) is 89.9 Å². The number of aromatic amines is 2. The molecule has 1 saturated heterocycles. The van der Waals surface area contributed by atoms with Gasteiger partial charge in [-0.25, -0.2) is 14.8 Å². The molecule has 2 aromatic rings. The number of H-pyrrole nitrogens is 2. The molecule has 2 amide bonds. The smallest absolute Gasteiger partial charge is 0.351 e. The largest absolute Gasteiger partial charge is 0.419 e. The van der Waals surface area contributed by atoms with Gasteiger partial charge in [-0.05, 0) is 18.2 Å². The van der Waals surface area contributed by atoms with Gasteiger partial charge < -0.3 is 11.1 Å². The van der Waals surface area contributed by atoms with Crippen LogP contribution in [-0.2, 0) is 6.18 Å². The third-order valence-corrected chi connectivity index (χ3v) is 4.49. The number of alkyl halides is 3. The van der Waals surface area contributed by atoms with Crippen molar-refractivity contribution >= 4 is 35.0 Å². The van der Waals surface area contributed by atoms with Gasteiger partial charge in [-0.3, -0.25) is 9.80 Å². The van der Waals surface area contributed by atoms with Crippen LogP contribution in [0.5, 0.6) is 0 Å². The average Bonchev–Trinajstić information content (AvgIpc) is 2.61. The first-order chi connectivity index (χ1) is 12.8. The molecule has 27 heavy (non-hydrogen) atoms. The lowest BCUT2D eigenvalue weighted by molar-refractivity contribution is -0.368. The van der Waals surface area contributed by atoms with E-state index in [4.69, 9.17) is 17.3 Å². The molecule has 0 radical (unpaired) electrons. The van der Waals surface area contributed by atoms with Crippen LogP contribution in [0.1, 0.15) is 5.56 Å². The second-order valence-electron chi connectivity index (χ2n) is 5.98. The molecule has 0 aliphatic carbocycles. The number of hydrogen-bond acceptors (Lipinski definition) is 3. The Hall–Kier alpha value is -2.75. The number of hydrogen-bond donors (Lipinski definition) is 2. The van der Waals surface area contributed by atoms with Gasteiger partial charge in [-0.1, -0.05) is 11.6 Å². The zero-order valence-corrected chi connectivity index (χ0v) is 14.9. The van der Waals surface area contributed by atoms with Crippen LogP contribution < -0.4 is 30.8 Å². The zero-order chi connectivity index (χ0) is 19.6. The standard InChI is InChI=1S/C16H16ClF3N6O/c17-11-8-10(16(18,19)20)9-23-13(11)25-4-6-26(7-5-25)14-12(24-15(21)27)2-1-3-22-14/h1-3,8-9H,4-7H2,(H3,21,24,27)/p+2. The van der Waals surface area contributed by atoms with Crippen LogP contribution in [-0.4, -0.2) is 32.2 Å². The number of aromatic nitrogens is 2. The number of nitrogens with two attached hydrogens (primary N) is 1. The van der Waals surface area contributed by atoms with E-state index in [1.165, 1.54) is 0 Å². The molecule has 144 valence electrons. The number of primary amides is 1. The molecule has 11 heteroatoms. The molecule has 1 aliphatic rings. The number of pyridine rings is 2. The SMILES string of the molecule is NC(=O)Nc1ccc[nH+]c1N1CCN(c2[nH+]cc(C(F)(F)F)cc2Cl)CC1.